The van der Waals surface area contributed by atoms with Crippen molar-refractivity contribution in [1.82, 2.24) is 19.5 Å². The van der Waals surface area contributed by atoms with Crippen molar-refractivity contribution >= 4 is 43.4 Å². The number of hydrogen-bond acceptors (Lipinski definition) is 4. The number of fused-ring (bicyclic) bond motifs is 3. The highest BCUT2D eigenvalue weighted by Crippen LogP contribution is 2.45. The molecule has 0 aliphatic carbocycles. The highest BCUT2D eigenvalue weighted by molar-refractivity contribution is 6.35. The van der Waals surface area contributed by atoms with Gasteiger partial charge in [-0.25, -0.2) is 15.0 Å². The minimum Gasteiger partial charge on any atom is -0.309 e. The molecule has 5 heteroatoms. The molecule has 9 rings (SSSR count). The molecule has 5 nitrogen and oxygen atoms in total. The van der Waals surface area contributed by atoms with Crippen LogP contribution in [0.2, 0.25) is 0 Å². The first-order valence-corrected chi connectivity index (χ1v) is 13.6. The summed E-state index contributed by atoms with van der Waals surface area (Å²) in [5, 5.41) is 13.9. The molecular weight excluding hydrogens is 550 g/mol. The number of nitriles is 1. The van der Waals surface area contributed by atoms with E-state index in [-0.39, 0.29) is 17.1 Å². The maximum Gasteiger partial charge on any atom is 0.164 e. The topological polar surface area (TPSA) is 67.4 Å². The molecule has 0 saturated carbocycles. The standard InChI is InChI=1S/C40H23N5/c41-24-28-20-22-34-37-35(28)31-21-19-27(23-32(31)30-17-10-18-33(36(30)37)45(34)29-15-8-3-9-16-29)40-43-38(25-11-4-1-5-12-25)42-39(44-40)26-13-6-2-7-14-26/h1-23H/i1D,2D,3D,4D,5D,6D,7D,8D,9D,11D,12D,13D,14D,15D,16D. The highest BCUT2D eigenvalue weighted by Gasteiger charge is 2.22. The summed E-state index contributed by atoms with van der Waals surface area (Å²) >= 11 is 0. The van der Waals surface area contributed by atoms with Crippen LogP contribution in [0.25, 0.3) is 83.2 Å². The minimum absolute atomic E-state index is 0.0778. The second-order valence-corrected chi connectivity index (χ2v) is 10.1. The zero-order valence-corrected chi connectivity index (χ0v) is 22.9. The van der Waals surface area contributed by atoms with Crippen LogP contribution in [0.1, 0.15) is 26.1 Å². The predicted molar refractivity (Wildman–Crippen MR) is 181 cm³/mol. The maximum absolute atomic E-state index is 10.4. The van der Waals surface area contributed by atoms with Crippen LogP contribution in [-0.4, -0.2) is 19.5 Å². The van der Waals surface area contributed by atoms with Gasteiger partial charge in [-0.05, 0) is 52.5 Å². The third kappa shape index (κ3) is 3.83. The van der Waals surface area contributed by atoms with E-state index >= 15 is 0 Å². The van der Waals surface area contributed by atoms with Crippen LogP contribution < -0.4 is 0 Å². The number of hydrogen-bond donors (Lipinski definition) is 0. The number of benzene rings is 7. The number of nitrogens with zero attached hydrogens (tertiary/aromatic N) is 5. The molecule has 2 heterocycles. The van der Waals surface area contributed by atoms with Crippen molar-refractivity contribution in [3.8, 4) is 45.9 Å². The van der Waals surface area contributed by atoms with E-state index in [1.54, 1.807) is 47.0 Å². The summed E-state index contributed by atoms with van der Waals surface area (Å²) in [6.45, 7) is 0. The van der Waals surface area contributed by atoms with E-state index in [9.17, 15) is 5.26 Å². The van der Waals surface area contributed by atoms with Gasteiger partial charge >= 0.3 is 0 Å². The van der Waals surface area contributed by atoms with Crippen molar-refractivity contribution in [3.63, 3.8) is 0 Å². The molecule has 0 fully saturated rings. The van der Waals surface area contributed by atoms with E-state index in [2.05, 4.69) is 21.0 Å². The molecule has 7 aromatic carbocycles. The summed E-state index contributed by atoms with van der Waals surface area (Å²) in [6, 6.07) is 6.84. The summed E-state index contributed by atoms with van der Waals surface area (Å²) in [6.07, 6.45) is 0. The van der Waals surface area contributed by atoms with E-state index in [4.69, 9.17) is 20.6 Å². The first kappa shape index (κ1) is 14.4. The average Bonchev–Trinajstić information content (AvgIpc) is 3.58. The predicted octanol–water partition coefficient (Wildman–Crippen LogP) is 9.59. The van der Waals surface area contributed by atoms with Gasteiger partial charge in [0, 0.05) is 38.5 Å². The summed E-state index contributed by atoms with van der Waals surface area (Å²) in [5.74, 6) is -0.994. The summed E-state index contributed by atoms with van der Waals surface area (Å²) in [5.41, 5.74) is 0.637. The van der Waals surface area contributed by atoms with Crippen molar-refractivity contribution in [1.29, 1.82) is 5.26 Å². The Morgan fingerprint density at radius 2 is 1.11 bits per heavy atom. The molecule has 0 N–H and O–H groups in total. The Bertz CT molecular complexity index is 3290. The Balaban J connectivity index is 1.40. The van der Waals surface area contributed by atoms with Crippen molar-refractivity contribution in [2.24, 2.45) is 0 Å². The first-order valence-electron chi connectivity index (χ1n) is 21.1. The Morgan fingerprint density at radius 3 is 1.76 bits per heavy atom. The number of rotatable bonds is 4. The van der Waals surface area contributed by atoms with E-state index in [0.29, 0.717) is 48.9 Å². The molecule has 0 aliphatic rings. The monoisotopic (exact) mass is 588 g/mol. The molecule has 0 spiro atoms. The molecule has 0 atom stereocenters. The second kappa shape index (κ2) is 9.84. The molecule has 9 aromatic rings. The van der Waals surface area contributed by atoms with Gasteiger partial charge in [0.05, 0.1) is 43.2 Å². The fourth-order valence-electron chi connectivity index (χ4n) is 5.92. The van der Waals surface area contributed by atoms with Crippen molar-refractivity contribution in [2.45, 2.75) is 0 Å². The van der Waals surface area contributed by atoms with Gasteiger partial charge in [0.1, 0.15) is 0 Å². The Morgan fingerprint density at radius 1 is 0.533 bits per heavy atom. The molecule has 2 aromatic heterocycles. The van der Waals surface area contributed by atoms with Crippen molar-refractivity contribution in [2.75, 3.05) is 0 Å². The molecular formula is C40H23N5. The Hall–Kier alpha value is -6.38. The molecule has 0 bridgehead atoms. The van der Waals surface area contributed by atoms with E-state index in [1.165, 1.54) is 0 Å². The van der Waals surface area contributed by atoms with Crippen LogP contribution in [0.5, 0.6) is 0 Å². The Labute approximate surface area is 279 Å². The van der Waals surface area contributed by atoms with E-state index < -0.39 is 113 Å². The van der Waals surface area contributed by atoms with Gasteiger partial charge < -0.3 is 4.57 Å². The summed E-state index contributed by atoms with van der Waals surface area (Å²) in [7, 11) is 0. The van der Waals surface area contributed by atoms with Crippen LogP contribution in [0.15, 0.2) is 139 Å². The molecule has 0 unspecified atom stereocenters. The fraction of sp³-hybridized carbons (Fsp3) is 0. The van der Waals surface area contributed by atoms with Crippen LogP contribution in [0.3, 0.4) is 0 Å². The summed E-state index contributed by atoms with van der Waals surface area (Å²) in [4.78, 5) is 13.5. The zero-order chi connectivity index (χ0) is 43.0. The number of aromatic nitrogens is 4. The SMILES string of the molecule is [2H]c1c([2H])c([2H])c(-c2nc(-c3ccc4c(c3)c3cccc5c3c3c4c(C#N)ccc3n5-c3c([2H])c([2H])c([2H])c([2H])c3[2H])nc(-c3c([2H])c([2H])c([2H])c([2H])c3[2H])n2)c([2H])c1[2H]. The molecule has 0 amide bonds. The second-order valence-electron chi connectivity index (χ2n) is 10.1. The third-order valence-electron chi connectivity index (χ3n) is 7.71. The quantitative estimate of drug-likeness (QED) is 0.192. The number of para-hydroxylation sites is 1. The molecule has 0 saturated heterocycles. The van der Waals surface area contributed by atoms with Crippen LogP contribution in [0.4, 0.5) is 0 Å². The largest absolute Gasteiger partial charge is 0.309 e. The molecule has 0 radical (unpaired) electrons. The van der Waals surface area contributed by atoms with Gasteiger partial charge in [-0.3, -0.25) is 0 Å². The molecule has 0 aliphatic heterocycles. The van der Waals surface area contributed by atoms with Gasteiger partial charge in [0.15, 0.2) is 17.5 Å². The smallest absolute Gasteiger partial charge is 0.164 e. The molecule has 45 heavy (non-hydrogen) atoms. The van der Waals surface area contributed by atoms with Crippen LogP contribution >= 0.6 is 0 Å². The van der Waals surface area contributed by atoms with Gasteiger partial charge in [-0.1, -0.05) is 103 Å². The van der Waals surface area contributed by atoms with Crippen LogP contribution in [-0.2, 0) is 0 Å². The van der Waals surface area contributed by atoms with Crippen LogP contribution in [0, 0.1) is 11.3 Å². The third-order valence-corrected chi connectivity index (χ3v) is 7.71. The summed E-state index contributed by atoms with van der Waals surface area (Å²) < 4.78 is 128. The lowest BCUT2D eigenvalue weighted by atomic mass is 9.91. The van der Waals surface area contributed by atoms with Crippen molar-refractivity contribution in [3.05, 3.63) is 145 Å². The van der Waals surface area contributed by atoms with Gasteiger partial charge in [-0.15, -0.1) is 0 Å². The van der Waals surface area contributed by atoms with Gasteiger partial charge in [0.25, 0.3) is 0 Å². The van der Waals surface area contributed by atoms with Gasteiger partial charge in [0.2, 0.25) is 0 Å². The molecule has 208 valence electrons. The average molecular weight is 589 g/mol. The zero-order valence-electron chi connectivity index (χ0n) is 37.9. The lowest BCUT2D eigenvalue weighted by Gasteiger charge is -2.12. The lowest BCUT2D eigenvalue weighted by molar-refractivity contribution is 1.07. The highest BCUT2D eigenvalue weighted by atomic mass is 15.0. The normalized spacial score (nSPS) is 16.2. The van der Waals surface area contributed by atoms with Gasteiger partial charge in [-0.2, -0.15) is 5.26 Å². The minimum atomic E-state index is -0.673. The van der Waals surface area contributed by atoms with E-state index in [1.807, 2.05) is 6.07 Å². The Kier molecular flexibility index (Phi) is 3.15. The first-order chi connectivity index (χ1) is 28.5. The maximum atomic E-state index is 10.4. The fourth-order valence-corrected chi connectivity index (χ4v) is 5.92. The lowest BCUT2D eigenvalue weighted by Crippen LogP contribution is -2.00. The van der Waals surface area contributed by atoms with E-state index in [0.717, 1.165) is 0 Å². The van der Waals surface area contributed by atoms with Crippen molar-refractivity contribution < 1.29 is 20.6 Å².